The predicted octanol–water partition coefficient (Wildman–Crippen LogP) is 0.635. The summed E-state index contributed by atoms with van der Waals surface area (Å²) in [5.41, 5.74) is 7.74. The van der Waals surface area contributed by atoms with E-state index in [2.05, 4.69) is 32.4 Å². The molecule has 0 aliphatic carbocycles. The third kappa shape index (κ3) is 5.47. The number of anilines is 1. The number of carboxylic acid groups (broad SMARTS) is 1. The molecule has 1 aliphatic heterocycles. The smallest absolute Gasteiger partial charge is 0.320 e. The van der Waals surface area contributed by atoms with E-state index in [1.165, 1.54) is 30.0 Å². The fraction of sp³-hybridized carbons (Fsp3) is 0.455. The molecule has 5 atom stereocenters. The Labute approximate surface area is 200 Å². The summed E-state index contributed by atoms with van der Waals surface area (Å²) in [5, 5.41) is 33.3. The van der Waals surface area contributed by atoms with Crippen molar-refractivity contribution in [1.82, 2.24) is 19.5 Å². The van der Waals surface area contributed by atoms with Gasteiger partial charge in [-0.25, -0.2) is 15.0 Å². The number of imidazole rings is 1. The summed E-state index contributed by atoms with van der Waals surface area (Å²) in [6, 6.07) is 9.17. The molecule has 34 heavy (non-hydrogen) atoms. The number of nitrogens with zero attached hydrogens (tertiary/aromatic N) is 4. The van der Waals surface area contributed by atoms with E-state index in [-0.39, 0.29) is 0 Å². The van der Waals surface area contributed by atoms with E-state index in [4.69, 9.17) is 15.6 Å². The van der Waals surface area contributed by atoms with Crippen LogP contribution in [0, 0.1) is 0 Å². The Balaban J connectivity index is 1.39. The van der Waals surface area contributed by atoms with E-state index >= 15 is 0 Å². The van der Waals surface area contributed by atoms with Crippen LogP contribution in [-0.2, 0) is 16.0 Å². The minimum Gasteiger partial charge on any atom is -0.480 e. The largest absolute Gasteiger partial charge is 0.480 e. The van der Waals surface area contributed by atoms with E-state index in [9.17, 15) is 15.0 Å². The van der Waals surface area contributed by atoms with Crippen molar-refractivity contribution in [1.29, 1.82) is 0 Å². The quantitative estimate of drug-likeness (QED) is 0.240. The Hall–Kier alpha value is -2.77. The maximum absolute atomic E-state index is 10.8. The lowest BCUT2D eigenvalue weighted by molar-refractivity contribution is -0.138. The number of carboxylic acids is 1. The van der Waals surface area contributed by atoms with Crippen molar-refractivity contribution in [3.8, 4) is 0 Å². The highest BCUT2D eigenvalue weighted by Gasteiger charge is 2.44. The summed E-state index contributed by atoms with van der Waals surface area (Å²) >= 11 is 1.41. The maximum atomic E-state index is 10.8. The van der Waals surface area contributed by atoms with Gasteiger partial charge in [0.2, 0.25) is 0 Å². The van der Waals surface area contributed by atoms with Crippen LogP contribution in [-0.4, -0.2) is 83.2 Å². The number of fused-ring (bicyclic) bond motifs is 1. The second-order valence-electron chi connectivity index (χ2n) is 8.06. The van der Waals surface area contributed by atoms with Gasteiger partial charge in [0.1, 0.15) is 24.6 Å². The van der Waals surface area contributed by atoms with Crippen molar-refractivity contribution in [3.63, 3.8) is 0 Å². The number of ether oxygens (including phenoxy) is 1. The fourth-order valence-corrected chi connectivity index (χ4v) is 4.86. The zero-order valence-corrected chi connectivity index (χ0v) is 19.2. The highest BCUT2D eigenvalue weighted by atomic mass is 32.2. The number of aliphatic hydroxyl groups excluding tert-OH is 2. The van der Waals surface area contributed by atoms with Gasteiger partial charge in [-0.3, -0.25) is 9.36 Å². The molecule has 3 heterocycles. The van der Waals surface area contributed by atoms with Crippen LogP contribution < -0.4 is 11.1 Å². The van der Waals surface area contributed by atoms with Gasteiger partial charge < -0.3 is 31.1 Å². The molecule has 182 valence electrons. The van der Waals surface area contributed by atoms with Gasteiger partial charge in [-0.2, -0.15) is 11.8 Å². The number of aliphatic carboxylic acids is 1. The molecule has 12 heteroatoms. The van der Waals surface area contributed by atoms with E-state index in [0.29, 0.717) is 41.5 Å². The molecule has 4 rings (SSSR count). The second-order valence-corrected chi connectivity index (χ2v) is 9.21. The monoisotopic (exact) mass is 488 g/mol. The molecular formula is C22H28N6O5S. The minimum atomic E-state index is -1.17. The van der Waals surface area contributed by atoms with Gasteiger partial charge in [-0.05, 0) is 24.2 Å². The molecule has 6 N–H and O–H groups in total. The molecule has 1 aromatic carbocycles. The first-order valence-electron chi connectivity index (χ1n) is 11.0. The number of nitrogens with one attached hydrogen (secondary N) is 1. The topological polar surface area (TPSA) is 169 Å². The lowest BCUT2D eigenvalue weighted by Crippen LogP contribution is -2.33. The van der Waals surface area contributed by atoms with Crippen LogP contribution in [0.2, 0.25) is 0 Å². The number of nitrogens with two attached hydrogens (primary N) is 1. The highest BCUT2D eigenvalue weighted by Crippen LogP contribution is 2.33. The molecule has 2 aromatic heterocycles. The first kappa shape index (κ1) is 24.4. The molecule has 1 fully saturated rings. The van der Waals surface area contributed by atoms with E-state index in [1.807, 2.05) is 18.2 Å². The molecule has 1 saturated heterocycles. The van der Waals surface area contributed by atoms with Gasteiger partial charge in [0.25, 0.3) is 0 Å². The normalized spacial score (nSPS) is 23.3. The van der Waals surface area contributed by atoms with Crippen molar-refractivity contribution >= 4 is 34.7 Å². The van der Waals surface area contributed by atoms with E-state index < -0.39 is 36.6 Å². The van der Waals surface area contributed by atoms with Crippen LogP contribution in [0.1, 0.15) is 18.2 Å². The summed E-state index contributed by atoms with van der Waals surface area (Å²) in [4.78, 5) is 23.8. The molecule has 0 radical (unpaired) electrons. The highest BCUT2D eigenvalue weighted by molar-refractivity contribution is 7.99. The molecule has 0 saturated carbocycles. The fourth-order valence-electron chi connectivity index (χ4n) is 3.77. The molecule has 3 aromatic rings. The number of thioether (sulfide) groups is 1. The first-order chi connectivity index (χ1) is 16.5. The average Bonchev–Trinajstić information content (AvgIpc) is 3.39. The van der Waals surface area contributed by atoms with Crippen molar-refractivity contribution in [3.05, 3.63) is 48.5 Å². The average molecular weight is 489 g/mol. The van der Waals surface area contributed by atoms with Crippen LogP contribution in [0.25, 0.3) is 11.2 Å². The molecule has 1 aliphatic rings. The molecule has 11 nitrogen and oxygen atoms in total. The summed E-state index contributed by atoms with van der Waals surface area (Å²) < 4.78 is 7.54. The Bertz CT molecular complexity index is 1100. The van der Waals surface area contributed by atoms with Crippen molar-refractivity contribution in [2.45, 2.75) is 43.4 Å². The lowest BCUT2D eigenvalue weighted by atomic mass is 10.1. The van der Waals surface area contributed by atoms with Crippen molar-refractivity contribution < 1.29 is 24.9 Å². The summed E-state index contributed by atoms with van der Waals surface area (Å²) in [7, 11) is 0. The van der Waals surface area contributed by atoms with Gasteiger partial charge in [0.05, 0.1) is 12.4 Å². The Kier molecular flexibility index (Phi) is 7.95. The van der Waals surface area contributed by atoms with Gasteiger partial charge in [-0.15, -0.1) is 0 Å². The number of hydrogen-bond acceptors (Lipinski definition) is 10. The third-order valence-electron chi connectivity index (χ3n) is 5.69. The van der Waals surface area contributed by atoms with Crippen molar-refractivity contribution in [2.24, 2.45) is 5.73 Å². The summed E-state index contributed by atoms with van der Waals surface area (Å²) in [6.07, 6.45) is 0.291. The third-order valence-corrected chi connectivity index (χ3v) is 6.78. The van der Waals surface area contributed by atoms with Crippen LogP contribution >= 0.6 is 11.8 Å². The van der Waals surface area contributed by atoms with Crippen LogP contribution in [0.5, 0.6) is 0 Å². The number of hydrogen-bond donors (Lipinski definition) is 5. The zero-order chi connectivity index (χ0) is 24.1. The molecule has 0 spiro atoms. The van der Waals surface area contributed by atoms with Gasteiger partial charge in [0.15, 0.2) is 23.2 Å². The number of benzene rings is 1. The van der Waals surface area contributed by atoms with Crippen LogP contribution in [0.4, 0.5) is 5.82 Å². The molecule has 0 unspecified atom stereocenters. The summed E-state index contributed by atoms with van der Waals surface area (Å²) in [5.74, 6) is 0.417. The number of aliphatic hydroxyl groups is 2. The lowest BCUT2D eigenvalue weighted by Gasteiger charge is -2.16. The van der Waals surface area contributed by atoms with E-state index in [0.717, 1.165) is 6.42 Å². The van der Waals surface area contributed by atoms with Gasteiger partial charge in [0, 0.05) is 12.3 Å². The number of rotatable bonds is 11. The Morgan fingerprint density at radius 2 is 2.00 bits per heavy atom. The van der Waals surface area contributed by atoms with E-state index in [1.54, 1.807) is 4.57 Å². The molecular weight excluding hydrogens is 460 g/mol. The van der Waals surface area contributed by atoms with Crippen LogP contribution in [0.15, 0.2) is 43.0 Å². The standard InChI is InChI=1S/C22H28N6O5S/c23-14(22(31)32)7-9-34-10-15-17(29)18(30)21(33-15)28-12-27-16-19(25-11-26-20(16)28)24-8-6-13-4-2-1-3-5-13/h1-5,11-12,14-15,17-18,21,29-30H,6-10,23H2,(H,31,32)(H,24,25,26)/t14-,15-,17-,18-,21-/m1/s1. The summed E-state index contributed by atoms with van der Waals surface area (Å²) in [6.45, 7) is 0.662. The SMILES string of the molecule is N[C@H](CCSC[C@H]1O[C@@H](n2cnc3c(NCCc4ccccc4)ncnc32)[C@H](O)[C@@H]1O)C(=O)O. The Morgan fingerprint density at radius 3 is 2.76 bits per heavy atom. The zero-order valence-electron chi connectivity index (χ0n) is 18.4. The first-order valence-corrected chi connectivity index (χ1v) is 12.1. The van der Waals surface area contributed by atoms with Crippen molar-refractivity contribution in [2.75, 3.05) is 23.4 Å². The van der Waals surface area contributed by atoms with Crippen LogP contribution in [0.3, 0.4) is 0 Å². The second kappa shape index (κ2) is 11.1. The van der Waals surface area contributed by atoms with Gasteiger partial charge >= 0.3 is 5.97 Å². The minimum absolute atomic E-state index is 0.303. The number of carbonyl (C=O) groups is 1. The predicted molar refractivity (Wildman–Crippen MR) is 127 cm³/mol. The molecule has 0 amide bonds. The molecule has 0 bridgehead atoms. The number of aromatic nitrogens is 4. The van der Waals surface area contributed by atoms with Gasteiger partial charge in [-0.1, -0.05) is 30.3 Å². The Morgan fingerprint density at radius 1 is 1.21 bits per heavy atom. The maximum Gasteiger partial charge on any atom is 0.320 e.